The van der Waals surface area contributed by atoms with E-state index in [1.807, 2.05) is 0 Å². The number of carbonyl (C=O) groups is 1. The third-order valence-corrected chi connectivity index (χ3v) is 5.88. The lowest BCUT2D eigenvalue weighted by Gasteiger charge is -2.57. The number of Topliss-reactive ketones (excluding diaryl/α,β-unsaturated/α-hetero) is 1. The van der Waals surface area contributed by atoms with Crippen LogP contribution >= 0.6 is 0 Å². The molecule has 0 aromatic heterocycles. The van der Waals surface area contributed by atoms with Crippen molar-refractivity contribution in [1.82, 2.24) is 4.90 Å². The monoisotopic (exact) mass is 477 g/mol. The minimum atomic E-state index is -3.96. The van der Waals surface area contributed by atoms with Crippen LogP contribution in [-0.2, 0) is 16.3 Å². The van der Waals surface area contributed by atoms with E-state index in [-0.39, 0.29) is 12.3 Å². The van der Waals surface area contributed by atoms with Gasteiger partial charge in [-0.2, -0.15) is 0 Å². The van der Waals surface area contributed by atoms with Gasteiger partial charge in [0.1, 0.15) is 5.78 Å². The number of phenols is 2. The minimum absolute atomic E-state index is 0.0185. The Balaban J connectivity index is 2.36. The molecule has 1 aromatic carbocycles. The van der Waals surface area contributed by atoms with Crippen molar-refractivity contribution in [3.63, 3.8) is 0 Å². The summed E-state index contributed by atoms with van der Waals surface area (Å²) < 4.78 is 9.14. The average Bonchev–Trinajstić information content (AvgIpc) is 2.63. The van der Waals surface area contributed by atoms with E-state index in [1.165, 1.54) is 0 Å². The van der Waals surface area contributed by atoms with E-state index < -0.39 is 82.4 Å². The van der Waals surface area contributed by atoms with Gasteiger partial charge in [-0.1, -0.05) is 13.8 Å². The number of methoxy groups -OCH3 is 1. The highest BCUT2D eigenvalue weighted by Gasteiger charge is 2.69. The van der Waals surface area contributed by atoms with Crippen molar-refractivity contribution in [2.45, 2.75) is 50.3 Å². The molecule has 0 saturated carbocycles. The van der Waals surface area contributed by atoms with Crippen LogP contribution in [-0.4, -0.2) is 87.5 Å². The molecule has 0 radical (unpaired) electrons. The summed E-state index contributed by atoms with van der Waals surface area (Å²) in [6.07, 6.45) is -4.56. The third-order valence-electron chi connectivity index (χ3n) is 5.88. The summed E-state index contributed by atoms with van der Waals surface area (Å²) in [6.45, 7) is 3.02. The van der Waals surface area contributed by atoms with Crippen LogP contribution < -0.4 is 9.47 Å². The molecule has 1 fully saturated rings. The van der Waals surface area contributed by atoms with Gasteiger partial charge in [-0.25, -0.2) is 4.90 Å². The standard InChI is InChI=1S/C19H27NO13/c1-7(2)4-8-6-20-16(24,5-9(8)21)10-11(17(25,26)18(20,27)28)13(23)15(33-19(29,30)31)14(32-3)12(10)22/h7-8,22-31H,4-6H2,1-3H3. The SMILES string of the molecule is COc1c(O)c2c(c(O)c1OC(O)(O)O)C(O)(O)C(O)(O)N1CC(CC(C)C)C(=O)CC21O. The fourth-order valence-electron chi connectivity index (χ4n) is 4.52. The van der Waals surface area contributed by atoms with E-state index in [2.05, 4.69) is 4.74 Å². The van der Waals surface area contributed by atoms with Gasteiger partial charge < -0.3 is 60.5 Å². The van der Waals surface area contributed by atoms with Crippen molar-refractivity contribution < 1.29 is 65.3 Å². The molecule has 2 aliphatic heterocycles. The van der Waals surface area contributed by atoms with E-state index in [0.717, 1.165) is 7.11 Å². The summed E-state index contributed by atoms with van der Waals surface area (Å²) in [5.74, 6) is -13.9. The number of piperidine rings is 1. The Kier molecular flexibility index (Phi) is 5.86. The van der Waals surface area contributed by atoms with Crippen molar-refractivity contribution in [3.8, 4) is 23.0 Å². The lowest BCUT2D eigenvalue weighted by molar-refractivity contribution is -0.463. The van der Waals surface area contributed by atoms with Crippen LogP contribution in [0.4, 0.5) is 0 Å². The van der Waals surface area contributed by atoms with Crippen molar-refractivity contribution >= 4 is 5.78 Å². The number of benzene rings is 1. The molecular weight excluding hydrogens is 450 g/mol. The third kappa shape index (κ3) is 3.69. The topological polar surface area (TPSA) is 241 Å². The van der Waals surface area contributed by atoms with Gasteiger partial charge in [-0.15, -0.1) is 0 Å². The largest absolute Gasteiger partial charge is 0.504 e. The summed E-state index contributed by atoms with van der Waals surface area (Å²) in [4.78, 5) is 13.2. The lowest BCUT2D eigenvalue weighted by atomic mass is 9.74. The molecule has 1 aromatic rings. The van der Waals surface area contributed by atoms with Gasteiger partial charge in [0.05, 0.1) is 24.7 Å². The van der Waals surface area contributed by atoms with E-state index >= 15 is 0 Å². The second-order valence-corrected chi connectivity index (χ2v) is 8.69. The van der Waals surface area contributed by atoms with Gasteiger partial charge in [0.25, 0.3) is 11.7 Å². The van der Waals surface area contributed by atoms with Crippen molar-refractivity contribution in [2.75, 3.05) is 13.7 Å². The number of aliphatic hydroxyl groups is 8. The lowest BCUT2D eigenvalue weighted by Crippen LogP contribution is -2.75. The number of carbonyl (C=O) groups excluding carboxylic acids is 1. The summed E-state index contributed by atoms with van der Waals surface area (Å²) in [5, 5.41) is 103. The number of hydrogen-bond acceptors (Lipinski definition) is 14. The first-order valence-corrected chi connectivity index (χ1v) is 9.85. The maximum Gasteiger partial charge on any atom is 0.453 e. The van der Waals surface area contributed by atoms with Gasteiger partial charge in [-0.05, 0) is 12.3 Å². The molecule has 3 rings (SSSR count). The highest BCUT2D eigenvalue weighted by atomic mass is 16.9. The number of phenolic OH excluding ortho intramolecular Hbond substituents is 2. The van der Waals surface area contributed by atoms with Crippen LogP contribution in [0.25, 0.3) is 0 Å². The molecular formula is C19H27NO13. The highest BCUT2D eigenvalue weighted by molar-refractivity contribution is 5.84. The maximum absolute atomic E-state index is 12.8. The van der Waals surface area contributed by atoms with E-state index in [1.54, 1.807) is 13.8 Å². The van der Waals surface area contributed by atoms with Crippen LogP contribution in [0.5, 0.6) is 23.0 Å². The van der Waals surface area contributed by atoms with Gasteiger partial charge in [0.15, 0.2) is 17.2 Å². The molecule has 10 N–H and O–H groups in total. The minimum Gasteiger partial charge on any atom is -0.504 e. The van der Waals surface area contributed by atoms with Gasteiger partial charge in [-0.3, -0.25) is 4.79 Å². The number of fused-ring (bicyclic) bond motifs is 3. The summed E-state index contributed by atoms with van der Waals surface area (Å²) >= 11 is 0. The number of ether oxygens (including phenoxy) is 2. The van der Waals surface area contributed by atoms with Crippen LogP contribution in [0.1, 0.15) is 37.8 Å². The zero-order valence-electron chi connectivity index (χ0n) is 17.9. The molecule has 0 bridgehead atoms. The van der Waals surface area contributed by atoms with Crippen molar-refractivity contribution in [1.29, 1.82) is 0 Å². The van der Waals surface area contributed by atoms with E-state index in [9.17, 15) is 40.5 Å². The smallest absolute Gasteiger partial charge is 0.453 e. The van der Waals surface area contributed by atoms with Crippen molar-refractivity contribution in [2.24, 2.45) is 11.8 Å². The molecule has 14 nitrogen and oxygen atoms in total. The molecule has 186 valence electrons. The molecule has 2 atom stereocenters. The fraction of sp³-hybridized carbons (Fsp3) is 0.632. The Morgan fingerprint density at radius 2 is 1.58 bits per heavy atom. The zero-order chi connectivity index (χ0) is 25.3. The Bertz CT molecular complexity index is 968. The van der Waals surface area contributed by atoms with Gasteiger partial charge in [0.2, 0.25) is 11.5 Å². The molecule has 2 heterocycles. The highest BCUT2D eigenvalue weighted by Crippen LogP contribution is 2.61. The molecule has 1 saturated heterocycles. The molecule has 0 aliphatic carbocycles. The number of nitrogens with zero attached hydrogens (tertiary/aromatic N) is 1. The summed E-state index contributed by atoms with van der Waals surface area (Å²) in [5.41, 5.74) is -5.08. The van der Waals surface area contributed by atoms with Crippen LogP contribution in [0.2, 0.25) is 0 Å². The van der Waals surface area contributed by atoms with Gasteiger partial charge in [0, 0.05) is 12.5 Å². The zero-order valence-corrected chi connectivity index (χ0v) is 17.9. The first-order chi connectivity index (χ1) is 14.9. The Labute approximate surface area is 186 Å². The number of ketones is 1. The average molecular weight is 477 g/mol. The first-order valence-electron chi connectivity index (χ1n) is 9.85. The number of hydrogen-bond donors (Lipinski definition) is 10. The Morgan fingerprint density at radius 1 is 1.03 bits per heavy atom. The number of aromatic hydroxyl groups is 2. The Morgan fingerprint density at radius 3 is 2.06 bits per heavy atom. The molecule has 0 spiro atoms. The normalized spacial score (nSPS) is 26.7. The van der Waals surface area contributed by atoms with Crippen molar-refractivity contribution in [3.05, 3.63) is 11.1 Å². The fourth-order valence-corrected chi connectivity index (χ4v) is 4.52. The summed E-state index contributed by atoms with van der Waals surface area (Å²) in [7, 11) is 0.907. The Hall–Kier alpha value is -2.27. The summed E-state index contributed by atoms with van der Waals surface area (Å²) in [6, 6.07) is 0. The number of rotatable bonds is 5. The van der Waals surface area contributed by atoms with Crippen LogP contribution in [0, 0.1) is 11.8 Å². The molecule has 14 heteroatoms. The van der Waals surface area contributed by atoms with Gasteiger partial charge >= 0.3 is 6.16 Å². The van der Waals surface area contributed by atoms with Crippen LogP contribution in [0.15, 0.2) is 0 Å². The van der Waals surface area contributed by atoms with E-state index in [0.29, 0.717) is 4.90 Å². The molecule has 33 heavy (non-hydrogen) atoms. The maximum atomic E-state index is 12.8. The van der Waals surface area contributed by atoms with Crippen LogP contribution in [0.3, 0.4) is 0 Å². The first kappa shape index (κ1) is 25.4. The predicted molar refractivity (Wildman–Crippen MR) is 103 cm³/mol. The predicted octanol–water partition coefficient (Wildman–Crippen LogP) is -3.05. The second kappa shape index (κ2) is 7.63. The molecule has 2 unspecified atom stereocenters. The van der Waals surface area contributed by atoms with E-state index in [4.69, 9.17) is 20.1 Å². The molecule has 0 amide bonds. The quantitative estimate of drug-likeness (QED) is 0.150. The second-order valence-electron chi connectivity index (χ2n) is 8.69. The molecule has 2 aliphatic rings.